The third-order valence-corrected chi connectivity index (χ3v) is 3.97. The molecule has 1 saturated heterocycles. The Kier molecular flexibility index (Phi) is 4.58. The summed E-state index contributed by atoms with van der Waals surface area (Å²) < 4.78 is 0. The highest BCUT2D eigenvalue weighted by molar-refractivity contribution is 5.57. The molecule has 5 heteroatoms. The van der Waals surface area contributed by atoms with E-state index < -0.39 is 0 Å². The molecule has 1 aromatic heterocycles. The first kappa shape index (κ1) is 14.1. The van der Waals surface area contributed by atoms with Crippen LogP contribution in [0.15, 0.2) is 6.33 Å². The van der Waals surface area contributed by atoms with Crippen LogP contribution in [0.5, 0.6) is 0 Å². The van der Waals surface area contributed by atoms with Crippen molar-refractivity contribution in [2.24, 2.45) is 5.92 Å². The number of hydrogen-bond acceptors (Lipinski definition) is 5. The van der Waals surface area contributed by atoms with E-state index in [0.29, 0.717) is 12.0 Å². The summed E-state index contributed by atoms with van der Waals surface area (Å²) in [5, 5.41) is 6.77. The number of hydrogen-bond donors (Lipinski definition) is 2. The molecule has 1 aromatic rings. The van der Waals surface area contributed by atoms with Gasteiger partial charge in [-0.15, -0.1) is 0 Å². The lowest BCUT2D eigenvalue weighted by molar-refractivity contribution is 0.206. The number of likely N-dealkylation sites (tertiary alicyclic amines) is 1. The van der Waals surface area contributed by atoms with E-state index in [1.165, 1.54) is 12.0 Å². The van der Waals surface area contributed by atoms with Crippen LogP contribution in [0.4, 0.5) is 11.6 Å². The van der Waals surface area contributed by atoms with Gasteiger partial charge in [-0.1, -0.05) is 13.8 Å². The zero-order valence-corrected chi connectivity index (χ0v) is 12.4. The molecule has 0 radical (unpaired) electrons. The molecule has 106 valence electrons. The highest BCUT2D eigenvalue weighted by Crippen LogP contribution is 2.24. The molecule has 2 unspecified atom stereocenters. The van der Waals surface area contributed by atoms with Gasteiger partial charge in [-0.05, 0) is 32.4 Å². The molecule has 1 aliphatic rings. The van der Waals surface area contributed by atoms with Gasteiger partial charge in [0.05, 0.1) is 0 Å². The fourth-order valence-electron chi connectivity index (χ4n) is 2.83. The van der Waals surface area contributed by atoms with Crippen LogP contribution in [0.25, 0.3) is 0 Å². The molecule has 2 atom stereocenters. The first-order chi connectivity index (χ1) is 9.15. The number of rotatable bonds is 4. The average molecular weight is 263 g/mol. The summed E-state index contributed by atoms with van der Waals surface area (Å²) in [6.07, 6.45) is 3.73. The topological polar surface area (TPSA) is 53.1 Å². The lowest BCUT2D eigenvalue weighted by atomic mass is 9.94. The Balaban J connectivity index is 2.14. The zero-order valence-electron chi connectivity index (χ0n) is 12.4. The van der Waals surface area contributed by atoms with E-state index in [0.717, 1.165) is 31.1 Å². The third-order valence-electron chi connectivity index (χ3n) is 3.97. The largest absolute Gasteiger partial charge is 0.373 e. The van der Waals surface area contributed by atoms with E-state index in [1.54, 1.807) is 6.33 Å². The molecule has 0 saturated carbocycles. The van der Waals surface area contributed by atoms with Crippen molar-refractivity contribution in [2.45, 2.75) is 32.7 Å². The molecule has 0 aromatic carbocycles. The van der Waals surface area contributed by atoms with Crippen LogP contribution in [0, 0.1) is 5.92 Å². The summed E-state index contributed by atoms with van der Waals surface area (Å²) in [7, 11) is 4.09. The van der Waals surface area contributed by atoms with E-state index in [4.69, 9.17) is 0 Å². The van der Waals surface area contributed by atoms with Gasteiger partial charge in [0, 0.05) is 25.2 Å². The van der Waals surface area contributed by atoms with Gasteiger partial charge in [0.15, 0.2) is 0 Å². The van der Waals surface area contributed by atoms with Crippen molar-refractivity contribution in [1.29, 1.82) is 0 Å². The van der Waals surface area contributed by atoms with Crippen LogP contribution >= 0.6 is 0 Å². The minimum absolute atomic E-state index is 0.501. The number of anilines is 2. The summed E-state index contributed by atoms with van der Waals surface area (Å²) in [5.41, 5.74) is 1.18. The van der Waals surface area contributed by atoms with E-state index in [1.807, 2.05) is 7.05 Å². The molecule has 2 heterocycles. The predicted octanol–water partition coefficient (Wildman–Crippen LogP) is 1.83. The molecule has 1 aliphatic heterocycles. The molecule has 1 fully saturated rings. The van der Waals surface area contributed by atoms with Crippen molar-refractivity contribution < 1.29 is 0 Å². The molecular formula is C14H25N5. The van der Waals surface area contributed by atoms with Gasteiger partial charge in [-0.25, -0.2) is 9.97 Å². The van der Waals surface area contributed by atoms with Crippen LogP contribution < -0.4 is 10.6 Å². The summed E-state index contributed by atoms with van der Waals surface area (Å²) in [5.74, 6) is 2.56. The van der Waals surface area contributed by atoms with Crippen molar-refractivity contribution in [2.75, 3.05) is 37.8 Å². The van der Waals surface area contributed by atoms with Gasteiger partial charge in [0.1, 0.15) is 18.0 Å². The van der Waals surface area contributed by atoms with E-state index >= 15 is 0 Å². The van der Waals surface area contributed by atoms with Crippen molar-refractivity contribution in [3.05, 3.63) is 11.9 Å². The molecule has 2 rings (SSSR count). The highest BCUT2D eigenvalue weighted by Gasteiger charge is 2.25. The van der Waals surface area contributed by atoms with Crippen molar-refractivity contribution in [3.8, 4) is 0 Å². The van der Waals surface area contributed by atoms with Crippen LogP contribution in [0.1, 0.15) is 25.8 Å². The lowest BCUT2D eigenvalue weighted by Crippen LogP contribution is -2.43. The predicted molar refractivity (Wildman–Crippen MR) is 79.6 cm³/mol. The van der Waals surface area contributed by atoms with E-state index in [2.05, 4.69) is 46.4 Å². The molecule has 0 amide bonds. The summed E-state index contributed by atoms with van der Waals surface area (Å²) >= 11 is 0. The SMILES string of the molecule is CCc1c(NC)ncnc1NC1CCN(C)CC1C. The molecular weight excluding hydrogens is 238 g/mol. The maximum atomic E-state index is 4.43. The number of aromatic nitrogens is 2. The van der Waals surface area contributed by atoms with Gasteiger partial charge in [-0.2, -0.15) is 0 Å². The van der Waals surface area contributed by atoms with Crippen LogP contribution in [0.2, 0.25) is 0 Å². The normalized spacial score (nSPS) is 24.2. The van der Waals surface area contributed by atoms with E-state index in [9.17, 15) is 0 Å². The van der Waals surface area contributed by atoms with Crippen molar-refractivity contribution in [1.82, 2.24) is 14.9 Å². The second-order valence-corrected chi connectivity index (χ2v) is 5.43. The quantitative estimate of drug-likeness (QED) is 0.868. The van der Waals surface area contributed by atoms with E-state index in [-0.39, 0.29) is 0 Å². The lowest BCUT2D eigenvalue weighted by Gasteiger charge is -2.35. The van der Waals surface area contributed by atoms with Crippen LogP contribution in [0.3, 0.4) is 0 Å². The fraction of sp³-hybridized carbons (Fsp3) is 0.714. The number of nitrogens with one attached hydrogen (secondary N) is 2. The number of piperidine rings is 1. The minimum Gasteiger partial charge on any atom is -0.373 e. The molecule has 19 heavy (non-hydrogen) atoms. The molecule has 2 N–H and O–H groups in total. The minimum atomic E-state index is 0.501. The molecule has 0 bridgehead atoms. The summed E-state index contributed by atoms with van der Waals surface area (Å²) in [6, 6.07) is 0.501. The second-order valence-electron chi connectivity index (χ2n) is 5.43. The Morgan fingerprint density at radius 3 is 2.74 bits per heavy atom. The Morgan fingerprint density at radius 2 is 2.11 bits per heavy atom. The first-order valence-corrected chi connectivity index (χ1v) is 7.12. The molecule has 5 nitrogen and oxygen atoms in total. The number of nitrogens with zero attached hydrogens (tertiary/aromatic N) is 3. The first-order valence-electron chi connectivity index (χ1n) is 7.12. The van der Waals surface area contributed by atoms with Gasteiger partial charge < -0.3 is 15.5 Å². The van der Waals surface area contributed by atoms with Gasteiger partial charge in [0.25, 0.3) is 0 Å². The Hall–Kier alpha value is -1.36. The molecule has 0 spiro atoms. The smallest absolute Gasteiger partial charge is 0.134 e. The van der Waals surface area contributed by atoms with Crippen LogP contribution in [-0.4, -0.2) is 48.1 Å². The van der Waals surface area contributed by atoms with Gasteiger partial charge in [-0.3, -0.25) is 0 Å². The average Bonchev–Trinajstić information content (AvgIpc) is 2.41. The fourth-order valence-corrected chi connectivity index (χ4v) is 2.83. The van der Waals surface area contributed by atoms with Crippen molar-refractivity contribution >= 4 is 11.6 Å². The highest BCUT2D eigenvalue weighted by atomic mass is 15.1. The monoisotopic (exact) mass is 263 g/mol. The summed E-state index contributed by atoms with van der Waals surface area (Å²) in [4.78, 5) is 11.1. The van der Waals surface area contributed by atoms with Gasteiger partial charge >= 0.3 is 0 Å². The Morgan fingerprint density at radius 1 is 1.37 bits per heavy atom. The zero-order chi connectivity index (χ0) is 13.8. The standard InChI is InChI=1S/C14H25N5/c1-5-11-13(15-3)16-9-17-14(11)18-12-6-7-19(4)8-10(12)2/h9-10,12H,5-8H2,1-4H3,(H2,15,16,17,18). The summed E-state index contributed by atoms with van der Waals surface area (Å²) in [6.45, 7) is 6.73. The third kappa shape index (κ3) is 3.15. The molecule has 0 aliphatic carbocycles. The Bertz CT molecular complexity index is 420. The Labute approximate surface area is 115 Å². The second kappa shape index (κ2) is 6.19. The van der Waals surface area contributed by atoms with Crippen molar-refractivity contribution in [3.63, 3.8) is 0 Å². The maximum Gasteiger partial charge on any atom is 0.134 e. The van der Waals surface area contributed by atoms with Crippen LogP contribution in [-0.2, 0) is 6.42 Å². The maximum absolute atomic E-state index is 4.43. The van der Waals surface area contributed by atoms with Gasteiger partial charge in [0.2, 0.25) is 0 Å².